The summed E-state index contributed by atoms with van der Waals surface area (Å²) < 4.78 is 5.32. The molecule has 0 heterocycles. The Hall–Kier alpha value is -1.64. The second kappa shape index (κ2) is 6.50. The molecule has 102 valence electrons. The van der Waals surface area contributed by atoms with Gasteiger partial charge in [0.05, 0.1) is 5.92 Å². The van der Waals surface area contributed by atoms with Gasteiger partial charge in [-0.15, -0.1) is 0 Å². The molecule has 0 aliphatic heterocycles. The van der Waals surface area contributed by atoms with E-state index in [1.54, 1.807) is 19.1 Å². The molecule has 0 radical (unpaired) electrons. The molecule has 0 saturated heterocycles. The van der Waals surface area contributed by atoms with Gasteiger partial charge in [-0.25, -0.2) is 0 Å². The molecule has 1 aromatic carbocycles. The second-order valence-electron chi connectivity index (χ2n) is 5.14. The first-order chi connectivity index (χ1) is 9.18. The topological polar surface area (TPSA) is 43.4 Å². The SMILES string of the molecule is CC(OC(=O)C1CCCCC1)C(=O)c1ccccc1. The average molecular weight is 260 g/mol. The van der Waals surface area contributed by atoms with Crippen LogP contribution in [-0.4, -0.2) is 17.9 Å². The lowest BCUT2D eigenvalue weighted by molar-refractivity contribution is -0.152. The van der Waals surface area contributed by atoms with Crippen molar-refractivity contribution >= 4 is 11.8 Å². The summed E-state index contributed by atoms with van der Waals surface area (Å²) in [5, 5.41) is 0. The van der Waals surface area contributed by atoms with E-state index in [9.17, 15) is 9.59 Å². The lowest BCUT2D eigenvalue weighted by Crippen LogP contribution is -2.29. The molecule has 1 aliphatic carbocycles. The fourth-order valence-electron chi connectivity index (χ4n) is 2.50. The monoisotopic (exact) mass is 260 g/mol. The van der Waals surface area contributed by atoms with Gasteiger partial charge in [-0.1, -0.05) is 49.6 Å². The van der Waals surface area contributed by atoms with Gasteiger partial charge in [-0.05, 0) is 19.8 Å². The van der Waals surface area contributed by atoms with Crippen LogP contribution < -0.4 is 0 Å². The van der Waals surface area contributed by atoms with Crippen molar-refractivity contribution in [1.82, 2.24) is 0 Å². The highest BCUT2D eigenvalue weighted by atomic mass is 16.5. The van der Waals surface area contributed by atoms with Gasteiger partial charge in [0.15, 0.2) is 6.10 Å². The Labute approximate surface area is 114 Å². The number of ether oxygens (including phenoxy) is 1. The second-order valence-corrected chi connectivity index (χ2v) is 5.14. The normalized spacial score (nSPS) is 17.7. The molecule has 0 N–H and O–H groups in total. The van der Waals surface area contributed by atoms with Gasteiger partial charge in [0, 0.05) is 5.56 Å². The Kier molecular flexibility index (Phi) is 4.72. The first-order valence-electron chi connectivity index (χ1n) is 6.98. The Morgan fingerprint density at radius 1 is 1.11 bits per heavy atom. The summed E-state index contributed by atoms with van der Waals surface area (Å²) in [6, 6.07) is 8.96. The zero-order valence-corrected chi connectivity index (χ0v) is 11.3. The first-order valence-corrected chi connectivity index (χ1v) is 6.98. The molecular weight excluding hydrogens is 240 g/mol. The minimum absolute atomic E-state index is 0.0141. The van der Waals surface area contributed by atoms with Crippen molar-refractivity contribution in [3.8, 4) is 0 Å². The third-order valence-corrected chi connectivity index (χ3v) is 3.66. The van der Waals surface area contributed by atoms with Gasteiger partial charge in [0.2, 0.25) is 5.78 Å². The molecule has 0 bridgehead atoms. The quantitative estimate of drug-likeness (QED) is 0.615. The summed E-state index contributed by atoms with van der Waals surface area (Å²) in [6.45, 7) is 1.65. The van der Waals surface area contributed by atoms with E-state index in [0.717, 1.165) is 25.7 Å². The zero-order valence-electron chi connectivity index (χ0n) is 11.3. The Morgan fingerprint density at radius 2 is 1.74 bits per heavy atom. The van der Waals surface area contributed by atoms with E-state index in [4.69, 9.17) is 4.74 Å². The molecule has 0 amide bonds. The fraction of sp³-hybridized carbons (Fsp3) is 0.500. The third-order valence-electron chi connectivity index (χ3n) is 3.66. The first kappa shape index (κ1) is 13.8. The van der Waals surface area contributed by atoms with E-state index in [1.807, 2.05) is 18.2 Å². The van der Waals surface area contributed by atoms with Crippen LogP contribution in [0.1, 0.15) is 49.4 Å². The minimum Gasteiger partial charge on any atom is -0.454 e. The Bertz CT molecular complexity index is 433. The third kappa shape index (κ3) is 3.66. The van der Waals surface area contributed by atoms with Crippen molar-refractivity contribution in [2.24, 2.45) is 5.92 Å². The molecule has 0 aromatic heterocycles. The van der Waals surface area contributed by atoms with E-state index in [0.29, 0.717) is 5.56 Å². The van der Waals surface area contributed by atoms with Gasteiger partial charge in [-0.3, -0.25) is 9.59 Å². The molecule has 1 aromatic rings. The number of esters is 1. The predicted molar refractivity (Wildman–Crippen MR) is 72.9 cm³/mol. The Morgan fingerprint density at radius 3 is 2.37 bits per heavy atom. The highest BCUT2D eigenvalue weighted by molar-refractivity contribution is 6.00. The molecule has 1 fully saturated rings. The number of rotatable bonds is 4. The summed E-state index contributed by atoms with van der Waals surface area (Å²) in [7, 11) is 0. The van der Waals surface area contributed by atoms with Crippen LogP contribution in [0.15, 0.2) is 30.3 Å². The van der Waals surface area contributed by atoms with Crippen molar-refractivity contribution < 1.29 is 14.3 Å². The lowest BCUT2D eigenvalue weighted by Gasteiger charge is -2.22. The molecule has 3 nitrogen and oxygen atoms in total. The zero-order chi connectivity index (χ0) is 13.7. The van der Waals surface area contributed by atoms with Crippen molar-refractivity contribution in [3.63, 3.8) is 0 Å². The average Bonchev–Trinajstić information content (AvgIpc) is 2.48. The standard InChI is InChI=1S/C16H20O3/c1-12(15(17)13-8-4-2-5-9-13)19-16(18)14-10-6-3-7-11-14/h2,4-5,8-9,12,14H,3,6-7,10-11H2,1H3. The van der Waals surface area contributed by atoms with Gasteiger partial charge in [0.25, 0.3) is 0 Å². The predicted octanol–water partition coefficient (Wildman–Crippen LogP) is 3.38. The number of hydrogen-bond donors (Lipinski definition) is 0. The molecule has 1 unspecified atom stereocenters. The molecule has 1 atom stereocenters. The van der Waals surface area contributed by atoms with E-state index >= 15 is 0 Å². The molecule has 3 heteroatoms. The van der Waals surface area contributed by atoms with Crippen LogP contribution in [0.4, 0.5) is 0 Å². The van der Waals surface area contributed by atoms with Crippen molar-refractivity contribution in [1.29, 1.82) is 0 Å². The van der Waals surface area contributed by atoms with Crippen LogP contribution in [-0.2, 0) is 9.53 Å². The smallest absolute Gasteiger partial charge is 0.309 e. The van der Waals surface area contributed by atoms with E-state index < -0.39 is 6.10 Å². The maximum Gasteiger partial charge on any atom is 0.309 e. The van der Waals surface area contributed by atoms with Crippen molar-refractivity contribution in [2.45, 2.75) is 45.1 Å². The van der Waals surface area contributed by atoms with Gasteiger partial charge in [0.1, 0.15) is 0 Å². The Balaban J connectivity index is 1.91. The summed E-state index contributed by atoms with van der Waals surface area (Å²) in [4.78, 5) is 24.1. The fourth-order valence-corrected chi connectivity index (χ4v) is 2.50. The van der Waals surface area contributed by atoms with Crippen LogP contribution in [0.5, 0.6) is 0 Å². The van der Waals surface area contributed by atoms with E-state index in [-0.39, 0.29) is 17.7 Å². The van der Waals surface area contributed by atoms with Crippen molar-refractivity contribution in [2.75, 3.05) is 0 Å². The van der Waals surface area contributed by atoms with Crippen LogP contribution >= 0.6 is 0 Å². The summed E-state index contributed by atoms with van der Waals surface area (Å²) in [6.07, 6.45) is 4.46. The van der Waals surface area contributed by atoms with E-state index in [1.165, 1.54) is 6.42 Å². The van der Waals surface area contributed by atoms with E-state index in [2.05, 4.69) is 0 Å². The number of carbonyl (C=O) groups is 2. The van der Waals surface area contributed by atoms with Crippen molar-refractivity contribution in [3.05, 3.63) is 35.9 Å². The number of hydrogen-bond acceptors (Lipinski definition) is 3. The number of Topliss-reactive ketones (excluding diaryl/α,β-unsaturated/α-hetero) is 1. The van der Waals surface area contributed by atoms with Gasteiger partial charge >= 0.3 is 5.97 Å². The maximum absolute atomic E-state index is 12.1. The molecule has 1 saturated carbocycles. The molecular formula is C16H20O3. The maximum atomic E-state index is 12.1. The molecule has 19 heavy (non-hydrogen) atoms. The highest BCUT2D eigenvalue weighted by Crippen LogP contribution is 2.25. The largest absolute Gasteiger partial charge is 0.454 e. The van der Waals surface area contributed by atoms with Gasteiger partial charge in [-0.2, -0.15) is 0 Å². The van der Waals surface area contributed by atoms with Crippen LogP contribution in [0, 0.1) is 5.92 Å². The minimum atomic E-state index is -0.697. The van der Waals surface area contributed by atoms with Gasteiger partial charge < -0.3 is 4.74 Å². The molecule has 0 spiro atoms. The van der Waals surface area contributed by atoms with Crippen LogP contribution in [0.3, 0.4) is 0 Å². The number of benzene rings is 1. The number of ketones is 1. The summed E-state index contributed by atoms with van der Waals surface area (Å²) >= 11 is 0. The van der Waals surface area contributed by atoms with Crippen LogP contribution in [0.2, 0.25) is 0 Å². The number of carbonyl (C=O) groups excluding carboxylic acids is 2. The summed E-state index contributed by atoms with van der Waals surface area (Å²) in [5.41, 5.74) is 0.589. The van der Waals surface area contributed by atoms with Crippen LogP contribution in [0.25, 0.3) is 0 Å². The highest BCUT2D eigenvalue weighted by Gasteiger charge is 2.26. The molecule has 2 rings (SSSR count). The lowest BCUT2D eigenvalue weighted by atomic mass is 9.89. The molecule has 1 aliphatic rings. The summed E-state index contributed by atoms with van der Waals surface area (Å²) in [5.74, 6) is -0.360.